The number of hydrogen-bond acceptors (Lipinski definition) is 3. The van der Waals surface area contributed by atoms with Crippen molar-refractivity contribution in [3.05, 3.63) is 29.8 Å². The smallest absolute Gasteiger partial charge is 0.316 e. The van der Waals surface area contributed by atoms with Gasteiger partial charge >= 0.3 is 5.97 Å². The van der Waals surface area contributed by atoms with E-state index in [1.54, 1.807) is 4.90 Å². The normalized spacial score (nSPS) is 33.3. The molecule has 2 heterocycles. The number of fused-ring (bicyclic) bond motifs is 4. The van der Waals surface area contributed by atoms with Gasteiger partial charge in [-0.3, -0.25) is 9.59 Å². The fraction of sp³-hybridized carbons (Fsp3) is 0.556. The molecule has 0 aromatic heterocycles. The van der Waals surface area contributed by atoms with Crippen LogP contribution in [0.1, 0.15) is 50.5 Å². The van der Waals surface area contributed by atoms with Gasteiger partial charge in [0.05, 0.1) is 0 Å². The number of carboxylic acids is 1. The van der Waals surface area contributed by atoms with Gasteiger partial charge in [0.1, 0.15) is 11.7 Å². The van der Waals surface area contributed by atoms with Crippen LogP contribution in [0.5, 0.6) is 5.75 Å². The van der Waals surface area contributed by atoms with E-state index in [1.165, 1.54) is 0 Å². The predicted molar refractivity (Wildman–Crippen MR) is 83.1 cm³/mol. The summed E-state index contributed by atoms with van der Waals surface area (Å²) in [6.07, 6.45) is 4.58. The molecule has 5 heteroatoms. The van der Waals surface area contributed by atoms with Gasteiger partial charge in [-0.05, 0) is 31.4 Å². The van der Waals surface area contributed by atoms with Gasteiger partial charge in [-0.2, -0.15) is 0 Å². The highest BCUT2D eigenvalue weighted by Crippen LogP contribution is 2.51. The minimum atomic E-state index is -1.03. The number of amides is 1. The first-order valence-electron chi connectivity index (χ1n) is 8.35. The predicted octanol–water partition coefficient (Wildman–Crippen LogP) is 2.75. The Kier molecular flexibility index (Phi) is 3.15. The lowest BCUT2D eigenvalue weighted by atomic mass is 9.73. The summed E-state index contributed by atoms with van der Waals surface area (Å²) in [7, 11) is 0. The zero-order valence-electron chi connectivity index (χ0n) is 13.2. The minimum Gasteiger partial charge on any atom is -0.481 e. The molecule has 1 saturated carbocycles. The van der Waals surface area contributed by atoms with Gasteiger partial charge in [0, 0.05) is 18.4 Å². The van der Waals surface area contributed by atoms with Crippen LogP contribution in [0.2, 0.25) is 0 Å². The number of rotatable bonds is 2. The number of aliphatic carboxylic acids is 1. The molecule has 122 valence electrons. The Morgan fingerprint density at radius 3 is 2.70 bits per heavy atom. The van der Waals surface area contributed by atoms with Crippen molar-refractivity contribution in [1.82, 2.24) is 4.90 Å². The lowest BCUT2D eigenvalue weighted by molar-refractivity contribution is -0.186. The molecule has 3 atom stereocenters. The van der Waals surface area contributed by atoms with Gasteiger partial charge in [0.15, 0.2) is 5.72 Å². The van der Waals surface area contributed by atoms with E-state index < -0.39 is 17.6 Å². The first-order chi connectivity index (χ1) is 11.0. The van der Waals surface area contributed by atoms with E-state index in [0.717, 1.165) is 31.2 Å². The summed E-state index contributed by atoms with van der Waals surface area (Å²) in [4.78, 5) is 26.7. The number of carboxylic acid groups (broad SMARTS) is 1. The van der Waals surface area contributed by atoms with E-state index >= 15 is 0 Å². The Balaban J connectivity index is 1.83. The fourth-order valence-corrected chi connectivity index (χ4v) is 4.68. The number of benzene rings is 1. The third-order valence-electron chi connectivity index (χ3n) is 5.62. The minimum absolute atomic E-state index is 0.0977. The van der Waals surface area contributed by atoms with E-state index in [4.69, 9.17) is 4.74 Å². The highest BCUT2D eigenvalue weighted by molar-refractivity contribution is 5.99. The zero-order chi connectivity index (χ0) is 16.2. The molecule has 2 bridgehead atoms. The van der Waals surface area contributed by atoms with Crippen LogP contribution in [-0.2, 0) is 9.59 Å². The largest absolute Gasteiger partial charge is 0.481 e. The summed E-state index contributed by atoms with van der Waals surface area (Å²) in [6.45, 7) is 1.93. The van der Waals surface area contributed by atoms with Gasteiger partial charge in [-0.25, -0.2) is 0 Å². The summed E-state index contributed by atoms with van der Waals surface area (Å²) < 4.78 is 6.23. The maximum Gasteiger partial charge on any atom is 0.316 e. The molecule has 2 aliphatic heterocycles. The Labute approximate surface area is 135 Å². The maximum absolute atomic E-state index is 13.0. The summed E-state index contributed by atoms with van der Waals surface area (Å²) in [5.41, 5.74) is 0.105. The second-order valence-electron chi connectivity index (χ2n) is 7.09. The molecule has 1 aromatic carbocycles. The molecule has 4 rings (SSSR count). The van der Waals surface area contributed by atoms with Crippen LogP contribution in [0.15, 0.2) is 24.3 Å². The van der Waals surface area contributed by atoms with Gasteiger partial charge < -0.3 is 14.7 Å². The number of para-hydroxylation sites is 1. The van der Waals surface area contributed by atoms with Crippen molar-refractivity contribution in [3.8, 4) is 5.75 Å². The number of carbonyl (C=O) groups excluding carboxylic acids is 1. The van der Waals surface area contributed by atoms with Gasteiger partial charge in [0.2, 0.25) is 5.91 Å². The molecule has 3 aliphatic rings. The van der Waals surface area contributed by atoms with Crippen molar-refractivity contribution in [3.63, 3.8) is 0 Å². The van der Waals surface area contributed by atoms with Crippen molar-refractivity contribution in [2.24, 2.45) is 5.92 Å². The van der Waals surface area contributed by atoms with E-state index in [-0.39, 0.29) is 17.9 Å². The number of piperidine rings is 1. The molecule has 5 nitrogen and oxygen atoms in total. The van der Waals surface area contributed by atoms with Crippen LogP contribution < -0.4 is 4.74 Å². The Morgan fingerprint density at radius 2 is 2.00 bits per heavy atom. The Bertz CT molecular complexity index is 667. The van der Waals surface area contributed by atoms with Crippen LogP contribution in [0.3, 0.4) is 0 Å². The zero-order valence-corrected chi connectivity index (χ0v) is 13.2. The Hall–Kier alpha value is -2.04. The van der Waals surface area contributed by atoms with Crippen LogP contribution in [0.4, 0.5) is 0 Å². The van der Waals surface area contributed by atoms with Gasteiger partial charge in [0.25, 0.3) is 0 Å². The lowest BCUT2D eigenvalue weighted by Gasteiger charge is -2.54. The van der Waals surface area contributed by atoms with Crippen molar-refractivity contribution in [1.29, 1.82) is 0 Å². The van der Waals surface area contributed by atoms with Gasteiger partial charge in [-0.15, -0.1) is 0 Å². The van der Waals surface area contributed by atoms with E-state index in [1.807, 2.05) is 31.2 Å². The van der Waals surface area contributed by atoms with E-state index in [0.29, 0.717) is 12.2 Å². The monoisotopic (exact) mass is 315 g/mol. The maximum atomic E-state index is 13.0. The Morgan fingerprint density at radius 1 is 1.30 bits per heavy atom. The SMILES string of the molecule is C[C@@]12C[C@@H](c3ccccc3O1)[C@@H](C(=O)O)C(=O)N2C1CCCC1. The highest BCUT2D eigenvalue weighted by atomic mass is 16.5. The van der Waals surface area contributed by atoms with Crippen LogP contribution in [-0.4, -0.2) is 33.6 Å². The molecule has 0 unspecified atom stereocenters. The first-order valence-corrected chi connectivity index (χ1v) is 8.35. The lowest BCUT2D eigenvalue weighted by Crippen LogP contribution is -2.66. The topological polar surface area (TPSA) is 66.8 Å². The van der Waals surface area contributed by atoms with Gasteiger partial charge in [-0.1, -0.05) is 31.0 Å². The molecule has 0 radical (unpaired) electrons. The van der Waals surface area contributed by atoms with Crippen LogP contribution in [0, 0.1) is 5.92 Å². The van der Waals surface area contributed by atoms with E-state index in [2.05, 4.69) is 0 Å². The molecule has 2 fully saturated rings. The molecular formula is C18H21NO4. The third-order valence-corrected chi connectivity index (χ3v) is 5.62. The third kappa shape index (κ3) is 2.06. The number of nitrogens with zero attached hydrogens (tertiary/aromatic N) is 1. The molecule has 1 aromatic rings. The molecule has 1 amide bonds. The quantitative estimate of drug-likeness (QED) is 0.852. The summed E-state index contributed by atoms with van der Waals surface area (Å²) in [6, 6.07) is 7.62. The molecule has 1 aliphatic carbocycles. The molecule has 1 saturated heterocycles. The molecular weight excluding hydrogens is 294 g/mol. The number of ether oxygens (including phenoxy) is 1. The van der Waals surface area contributed by atoms with Crippen molar-refractivity contribution in [2.45, 2.75) is 56.7 Å². The number of likely N-dealkylation sites (tertiary alicyclic amines) is 1. The molecule has 23 heavy (non-hydrogen) atoms. The number of hydrogen-bond donors (Lipinski definition) is 1. The summed E-state index contributed by atoms with van der Waals surface area (Å²) in [5.74, 6) is -1.91. The average Bonchev–Trinajstić information content (AvgIpc) is 2.99. The van der Waals surface area contributed by atoms with Crippen molar-refractivity contribution >= 4 is 11.9 Å². The average molecular weight is 315 g/mol. The second kappa shape index (κ2) is 4.98. The van der Waals surface area contributed by atoms with Crippen LogP contribution >= 0.6 is 0 Å². The fourth-order valence-electron chi connectivity index (χ4n) is 4.68. The number of carbonyl (C=O) groups is 2. The highest BCUT2D eigenvalue weighted by Gasteiger charge is 2.58. The molecule has 0 spiro atoms. The molecule has 1 N–H and O–H groups in total. The van der Waals surface area contributed by atoms with Crippen molar-refractivity contribution < 1.29 is 19.4 Å². The second-order valence-corrected chi connectivity index (χ2v) is 7.09. The van der Waals surface area contributed by atoms with E-state index in [9.17, 15) is 14.7 Å². The van der Waals surface area contributed by atoms with Crippen molar-refractivity contribution in [2.75, 3.05) is 0 Å². The first kappa shape index (κ1) is 14.5. The summed E-state index contributed by atoms with van der Waals surface area (Å²) >= 11 is 0. The summed E-state index contributed by atoms with van der Waals surface area (Å²) in [5, 5.41) is 9.70. The standard InChI is InChI=1S/C18H21NO4/c1-18-10-13(12-8-4-5-9-14(12)23-18)15(17(21)22)16(20)19(18)11-6-2-3-7-11/h4-5,8-9,11,13,15H,2-3,6-7,10H2,1H3,(H,21,22)/t13-,15+,18-/m0/s1. The van der Waals surface area contributed by atoms with Crippen LogP contribution in [0.25, 0.3) is 0 Å².